The Labute approximate surface area is 216 Å². The summed E-state index contributed by atoms with van der Waals surface area (Å²) in [6.45, 7) is 6.76. The van der Waals surface area contributed by atoms with Crippen LogP contribution in [-0.4, -0.2) is 36.6 Å². The van der Waals surface area contributed by atoms with Crippen molar-refractivity contribution in [3.05, 3.63) is 47.0 Å². The normalized spacial score (nSPS) is 14.9. The third-order valence-electron chi connectivity index (χ3n) is 6.14. The average molecular weight is 513 g/mol. The molecule has 3 rings (SSSR count). The van der Waals surface area contributed by atoms with Gasteiger partial charge in [-0.2, -0.15) is 0 Å². The largest absolute Gasteiger partial charge is 0.461 e. The Bertz CT molecular complexity index is 1120. The van der Waals surface area contributed by atoms with Crippen LogP contribution in [-0.2, 0) is 9.53 Å². The summed E-state index contributed by atoms with van der Waals surface area (Å²) in [7, 11) is 0. The van der Waals surface area contributed by atoms with Crippen LogP contribution >= 0.6 is 11.3 Å². The van der Waals surface area contributed by atoms with E-state index in [1.54, 1.807) is 6.07 Å². The van der Waals surface area contributed by atoms with Crippen molar-refractivity contribution < 1.29 is 19.1 Å². The number of thiophene rings is 1. The van der Waals surface area contributed by atoms with Crippen LogP contribution in [0.15, 0.2) is 30.3 Å². The van der Waals surface area contributed by atoms with Gasteiger partial charge in [0.2, 0.25) is 0 Å². The summed E-state index contributed by atoms with van der Waals surface area (Å²) in [5.41, 5.74) is 13.9. The first-order valence-electron chi connectivity index (χ1n) is 12.4. The van der Waals surface area contributed by atoms with Crippen molar-refractivity contribution >= 4 is 40.3 Å². The number of ether oxygens (including phenoxy) is 1. The zero-order chi connectivity index (χ0) is 26.2. The van der Waals surface area contributed by atoms with E-state index >= 15 is 0 Å². The van der Waals surface area contributed by atoms with Crippen molar-refractivity contribution in [1.82, 2.24) is 5.32 Å². The van der Waals surface area contributed by atoms with Gasteiger partial charge in [0, 0.05) is 11.4 Å². The van der Waals surface area contributed by atoms with E-state index in [0.717, 1.165) is 53.7 Å². The average Bonchev–Trinajstić information content (AvgIpc) is 3.46. The van der Waals surface area contributed by atoms with Crippen molar-refractivity contribution in [2.75, 3.05) is 11.9 Å². The number of amides is 3. The van der Waals surface area contributed by atoms with Crippen molar-refractivity contribution in [2.24, 2.45) is 17.4 Å². The smallest absolute Gasteiger partial charge is 0.323 e. The molecule has 194 valence electrons. The predicted octanol–water partition coefficient (Wildman–Crippen LogP) is 4.82. The molecule has 1 aromatic carbocycles. The standard InChI is InChI=1S/C27H36N4O4S/c1-16(2)13-22(26(33)35-20-8-4-5-9-20)30-12-6-7-18-10-11-19(14-17(18)3)23-15-21(24(28)32)25(36-23)31-27(29)34/h6-7,10-11,14-16,20,22,30H,4-5,8-9,12-13H2,1-3H3,(H2,28,32)(H3,29,31,34)/b7-6+/t22-/m0/s1. The van der Waals surface area contributed by atoms with Crippen molar-refractivity contribution in [1.29, 1.82) is 0 Å². The van der Waals surface area contributed by atoms with E-state index in [2.05, 4.69) is 24.5 Å². The van der Waals surface area contributed by atoms with Crippen molar-refractivity contribution in [3.63, 3.8) is 0 Å². The van der Waals surface area contributed by atoms with Crippen molar-refractivity contribution in [2.45, 2.75) is 65.0 Å². The molecule has 1 heterocycles. The highest BCUT2D eigenvalue weighted by atomic mass is 32.1. The monoisotopic (exact) mass is 512 g/mol. The van der Waals surface area contributed by atoms with E-state index < -0.39 is 11.9 Å². The maximum Gasteiger partial charge on any atom is 0.323 e. The molecule has 1 fully saturated rings. The van der Waals surface area contributed by atoms with E-state index in [1.165, 1.54) is 11.3 Å². The highest BCUT2D eigenvalue weighted by Crippen LogP contribution is 2.36. The Morgan fingerprint density at radius 2 is 1.89 bits per heavy atom. The SMILES string of the molecule is Cc1cc(-c2cc(C(N)=O)c(NC(N)=O)s2)ccc1/C=C/CN[C@@H](CC(C)C)C(=O)OC1CCCC1. The fourth-order valence-corrected chi connectivity index (χ4v) is 5.38. The second-order valence-corrected chi connectivity index (χ2v) is 10.7. The van der Waals surface area contributed by atoms with Crippen molar-refractivity contribution in [3.8, 4) is 10.4 Å². The van der Waals surface area contributed by atoms with Crippen LogP contribution in [0.3, 0.4) is 0 Å². The molecule has 1 aliphatic rings. The molecule has 36 heavy (non-hydrogen) atoms. The summed E-state index contributed by atoms with van der Waals surface area (Å²) >= 11 is 1.24. The minimum absolute atomic E-state index is 0.0655. The van der Waals surface area contributed by atoms with Gasteiger partial charge in [0.05, 0.1) is 5.56 Å². The Hall–Kier alpha value is -3.17. The predicted molar refractivity (Wildman–Crippen MR) is 145 cm³/mol. The molecule has 9 heteroatoms. The summed E-state index contributed by atoms with van der Waals surface area (Å²) in [5, 5.41) is 6.13. The Morgan fingerprint density at radius 1 is 1.17 bits per heavy atom. The molecule has 0 radical (unpaired) electrons. The molecule has 0 saturated heterocycles. The first-order valence-corrected chi connectivity index (χ1v) is 13.2. The van der Waals surface area contributed by atoms with Gasteiger partial charge in [0.15, 0.2) is 0 Å². The zero-order valence-corrected chi connectivity index (χ0v) is 22.0. The number of carbonyl (C=O) groups excluding carboxylic acids is 3. The minimum Gasteiger partial charge on any atom is -0.461 e. The van der Waals surface area contributed by atoms with Gasteiger partial charge in [-0.3, -0.25) is 14.9 Å². The number of rotatable bonds is 11. The summed E-state index contributed by atoms with van der Waals surface area (Å²) < 4.78 is 5.73. The minimum atomic E-state index is -0.751. The molecule has 6 N–H and O–H groups in total. The lowest BCUT2D eigenvalue weighted by Gasteiger charge is -2.21. The molecule has 0 aliphatic heterocycles. The summed E-state index contributed by atoms with van der Waals surface area (Å²) in [6.07, 6.45) is 9.01. The maximum absolute atomic E-state index is 12.7. The number of carbonyl (C=O) groups is 3. The molecule has 1 saturated carbocycles. The molecule has 1 aliphatic carbocycles. The molecule has 8 nitrogen and oxygen atoms in total. The first kappa shape index (κ1) is 27.4. The van der Waals surface area contributed by atoms with E-state index in [1.807, 2.05) is 37.3 Å². The van der Waals surface area contributed by atoms with Gasteiger partial charge in [0.1, 0.15) is 17.1 Å². The van der Waals surface area contributed by atoms with Gasteiger partial charge in [-0.25, -0.2) is 4.79 Å². The molecule has 0 bridgehead atoms. The Kier molecular flexibility index (Phi) is 9.66. The van der Waals surface area contributed by atoms with Crippen LogP contribution in [0.1, 0.15) is 67.4 Å². The lowest BCUT2D eigenvalue weighted by molar-refractivity contribution is -0.151. The van der Waals surface area contributed by atoms with Gasteiger partial charge in [-0.15, -0.1) is 11.3 Å². The van der Waals surface area contributed by atoms with Crippen LogP contribution in [0.2, 0.25) is 0 Å². The Balaban J connectivity index is 1.64. The number of nitrogens with two attached hydrogens (primary N) is 2. The molecular weight excluding hydrogens is 476 g/mol. The summed E-state index contributed by atoms with van der Waals surface area (Å²) in [5.74, 6) is -0.405. The number of hydrogen-bond acceptors (Lipinski definition) is 6. The van der Waals surface area contributed by atoms with E-state index in [4.69, 9.17) is 16.2 Å². The zero-order valence-electron chi connectivity index (χ0n) is 21.1. The number of nitrogens with one attached hydrogen (secondary N) is 2. The lowest BCUT2D eigenvalue weighted by atomic mass is 10.0. The number of benzene rings is 1. The van der Waals surface area contributed by atoms with Crippen LogP contribution in [0, 0.1) is 12.8 Å². The van der Waals surface area contributed by atoms with E-state index in [0.29, 0.717) is 17.5 Å². The van der Waals surface area contributed by atoms with Gasteiger partial charge < -0.3 is 21.5 Å². The molecule has 1 atom stereocenters. The molecule has 0 spiro atoms. The quantitative estimate of drug-likeness (QED) is 0.320. The maximum atomic E-state index is 12.7. The van der Waals surface area contributed by atoms with Gasteiger partial charge >= 0.3 is 12.0 Å². The van der Waals surface area contributed by atoms with Crippen LogP contribution in [0.25, 0.3) is 16.5 Å². The van der Waals surface area contributed by atoms with E-state index in [9.17, 15) is 14.4 Å². The van der Waals surface area contributed by atoms with Crippen LogP contribution in [0.5, 0.6) is 0 Å². The fraction of sp³-hybridized carbons (Fsp3) is 0.444. The molecular formula is C27H36N4O4S. The third-order valence-corrected chi connectivity index (χ3v) is 7.24. The molecule has 1 aromatic heterocycles. The molecule has 2 aromatic rings. The molecule has 3 amide bonds. The van der Waals surface area contributed by atoms with Gasteiger partial charge in [0.25, 0.3) is 5.91 Å². The fourth-order valence-electron chi connectivity index (χ4n) is 4.32. The molecule has 0 unspecified atom stereocenters. The highest BCUT2D eigenvalue weighted by Gasteiger charge is 2.25. The highest BCUT2D eigenvalue weighted by molar-refractivity contribution is 7.20. The summed E-state index contributed by atoms with van der Waals surface area (Å²) in [6, 6.07) is 6.54. The topological polar surface area (TPSA) is 137 Å². The first-order chi connectivity index (χ1) is 17.1. The van der Waals surface area contributed by atoms with Crippen LogP contribution in [0.4, 0.5) is 9.80 Å². The number of hydrogen-bond donors (Lipinski definition) is 4. The van der Waals surface area contributed by atoms with E-state index in [-0.39, 0.29) is 23.7 Å². The Morgan fingerprint density at radius 3 is 2.50 bits per heavy atom. The number of esters is 1. The van der Waals surface area contributed by atoms with Gasteiger partial charge in [-0.1, -0.05) is 44.2 Å². The van der Waals surface area contributed by atoms with Crippen LogP contribution < -0.4 is 22.1 Å². The number of primary amides is 2. The second-order valence-electron chi connectivity index (χ2n) is 9.61. The number of urea groups is 1. The summed E-state index contributed by atoms with van der Waals surface area (Å²) in [4.78, 5) is 36.5. The number of aryl methyl sites for hydroxylation is 1. The number of anilines is 1. The second kappa shape index (κ2) is 12.7. The lowest BCUT2D eigenvalue weighted by Crippen LogP contribution is -2.40. The van der Waals surface area contributed by atoms with Gasteiger partial charge in [-0.05, 0) is 67.7 Å². The third kappa shape index (κ3) is 7.66.